The summed E-state index contributed by atoms with van der Waals surface area (Å²) in [5, 5.41) is 4.70. The molecule has 114 valence electrons. The maximum atomic E-state index is 4.51. The highest BCUT2D eigenvalue weighted by Crippen LogP contribution is 2.24. The van der Waals surface area contributed by atoms with Gasteiger partial charge in [0.25, 0.3) is 0 Å². The second kappa shape index (κ2) is 7.87. The van der Waals surface area contributed by atoms with Gasteiger partial charge in [0, 0.05) is 28.6 Å². The lowest BCUT2D eigenvalue weighted by Gasteiger charge is -2.20. The van der Waals surface area contributed by atoms with Gasteiger partial charge in [-0.05, 0) is 58.1 Å². The van der Waals surface area contributed by atoms with Crippen molar-refractivity contribution in [1.82, 2.24) is 15.2 Å². The van der Waals surface area contributed by atoms with Crippen molar-refractivity contribution in [2.75, 3.05) is 20.1 Å². The largest absolute Gasteiger partial charge is 0.313 e. The summed E-state index contributed by atoms with van der Waals surface area (Å²) in [6.07, 6.45) is 3.02. The van der Waals surface area contributed by atoms with Gasteiger partial charge in [-0.3, -0.25) is 4.98 Å². The maximum absolute atomic E-state index is 4.51. The van der Waals surface area contributed by atoms with E-state index in [4.69, 9.17) is 0 Å². The van der Waals surface area contributed by atoms with Crippen LogP contribution < -0.4 is 5.32 Å². The third-order valence-electron chi connectivity index (χ3n) is 3.86. The Hall–Kier alpha value is -0.970. The number of nitrogens with zero attached hydrogens (tertiary/aromatic N) is 2. The van der Waals surface area contributed by atoms with Crippen LogP contribution in [0, 0.1) is 0 Å². The summed E-state index contributed by atoms with van der Waals surface area (Å²) in [6, 6.07) is 8.95. The van der Waals surface area contributed by atoms with Crippen molar-refractivity contribution in [2.24, 2.45) is 0 Å². The first kappa shape index (κ1) is 16.4. The van der Waals surface area contributed by atoms with Crippen LogP contribution in [-0.4, -0.2) is 36.1 Å². The fourth-order valence-corrected chi connectivity index (χ4v) is 2.73. The van der Waals surface area contributed by atoms with Gasteiger partial charge in [0.1, 0.15) is 0 Å². The van der Waals surface area contributed by atoms with Crippen LogP contribution in [0.1, 0.15) is 25.8 Å². The molecule has 0 atom stereocenters. The summed E-state index contributed by atoms with van der Waals surface area (Å²) in [6.45, 7) is 7.48. The molecule has 0 amide bonds. The Bertz CT molecular complexity index is 583. The number of benzene rings is 1. The standard InChI is InChI=1S/C17H24BrN3/c1-13(2)21(3)11-5-9-19-12-14-7-8-16(18)15-6-4-10-20-17(14)15/h4,6-8,10,13,19H,5,9,11-12H2,1-3H3. The SMILES string of the molecule is CC(C)N(C)CCCNCc1ccc(Br)c2cccnc12. The Balaban J connectivity index is 1.88. The van der Waals surface area contributed by atoms with E-state index in [1.165, 1.54) is 10.9 Å². The summed E-state index contributed by atoms with van der Waals surface area (Å²) >= 11 is 3.59. The van der Waals surface area contributed by atoms with Crippen LogP contribution in [0.4, 0.5) is 0 Å². The Kier molecular flexibility index (Phi) is 6.15. The van der Waals surface area contributed by atoms with Gasteiger partial charge in [0.2, 0.25) is 0 Å². The highest BCUT2D eigenvalue weighted by Gasteiger charge is 2.05. The molecule has 1 aromatic heterocycles. The van der Waals surface area contributed by atoms with E-state index in [0.29, 0.717) is 6.04 Å². The van der Waals surface area contributed by atoms with Crippen molar-refractivity contribution in [1.29, 1.82) is 0 Å². The smallest absolute Gasteiger partial charge is 0.0758 e. The first-order chi connectivity index (χ1) is 10.1. The van der Waals surface area contributed by atoms with Gasteiger partial charge >= 0.3 is 0 Å². The number of hydrogen-bond acceptors (Lipinski definition) is 3. The van der Waals surface area contributed by atoms with Crippen LogP contribution in [0.25, 0.3) is 10.9 Å². The minimum Gasteiger partial charge on any atom is -0.313 e. The van der Waals surface area contributed by atoms with E-state index < -0.39 is 0 Å². The average molecular weight is 350 g/mol. The van der Waals surface area contributed by atoms with Gasteiger partial charge in [0.05, 0.1) is 5.52 Å². The Morgan fingerprint density at radius 2 is 2.10 bits per heavy atom. The second-order valence-corrected chi connectivity index (χ2v) is 6.57. The topological polar surface area (TPSA) is 28.2 Å². The number of fused-ring (bicyclic) bond motifs is 1. The fourth-order valence-electron chi connectivity index (χ4n) is 2.27. The molecule has 0 radical (unpaired) electrons. The molecular weight excluding hydrogens is 326 g/mol. The minimum atomic E-state index is 0.615. The summed E-state index contributed by atoms with van der Waals surface area (Å²) in [7, 11) is 2.18. The lowest BCUT2D eigenvalue weighted by atomic mass is 10.1. The molecule has 0 aliphatic heterocycles. The molecule has 2 rings (SSSR count). The molecule has 0 saturated heterocycles. The molecular formula is C17H24BrN3. The highest BCUT2D eigenvalue weighted by atomic mass is 79.9. The first-order valence-electron chi connectivity index (χ1n) is 7.52. The molecule has 0 spiro atoms. The second-order valence-electron chi connectivity index (χ2n) is 5.71. The van der Waals surface area contributed by atoms with Gasteiger partial charge in [0.15, 0.2) is 0 Å². The zero-order chi connectivity index (χ0) is 15.2. The summed E-state index contributed by atoms with van der Waals surface area (Å²) in [4.78, 5) is 6.89. The number of nitrogens with one attached hydrogen (secondary N) is 1. The number of aromatic nitrogens is 1. The van der Waals surface area contributed by atoms with Gasteiger partial charge in [-0.2, -0.15) is 0 Å². The predicted molar refractivity (Wildman–Crippen MR) is 93.5 cm³/mol. The minimum absolute atomic E-state index is 0.615. The van der Waals surface area contributed by atoms with Gasteiger partial charge in [-0.25, -0.2) is 0 Å². The zero-order valence-electron chi connectivity index (χ0n) is 13.1. The number of pyridine rings is 1. The molecule has 0 aliphatic carbocycles. The summed E-state index contributed by atoms with van der Waals surface area (Å²) in [5.74, 6) is 0. The van der Waals surface area contributed by atoms with Crippen LogP contribution in [0.2, 0.25) is 0 Å². The molecule has 0 bridgehead atoms. The van der Waals surface area contributed by atoms with Crippen LogP contribution >= 0.6 is 15.9 Å². The van der Waals surface area contributed by atoms with Gasteiger partial charge < -0.3 is 10.2 Å². The van der Waals surface area contributed by atoms with E-state index in [-0.39, 0.29) is 0 Å². The summed E-state index contributed by atoms with van der Waals surface area (Å²) in [5.41, 5.74) is 2.34. The molecule has 21 heavy (non-hydrogen) atoms. The van der Waals surface area contributed by atoms with Gasteiger partial charge in [-0.1, -0.05) is 28.1 Å². The van der Waals surface area contributed by atoms with E-state index in [2.05, 4.69) is 70.2 Å². The van der Waals surface area contributed by atoms with Crippen molar-refractivity contribution in [3.05, 3.63) is 40.5 Å². The lowest BCUT2D eigenvalue weighted by molar-refractivity contribution is 0.269. The normalized spacial score (nSPS) is 11.7. The molecule has 1 aromatic carbocycles. The van der Waals surface area contributed by atoms with E-state index in [0.717, 1.165) is 36.0 Å². The van der Waals surface area contributed by atoms with E-state index in [1.807, 2.05) is 12.3 Å². The van der Waals surface area contributed by atoms with Crippen molar-refractivity contribution < 1.29 is 0 Å². The highest BCUT2D eigenvalue weighted by molar-refractivity contribution is 9.10. The van der Waals surface area contributed by atoms with Crippen molar-refractivity contribution >= 4 is 26.8 Å². The molecule has 2 aromatic rings. The zero-order valence-corrected chi connectivity index (χ0v) is 14.7. The van der Waals surface area contributed by atoms with Crippen molar-refractivity contribution in [2.45, 2.75) is 32.9 Å². The molecule has 1 heterocycles. The Morgan fingerprint density at radius 1 is 1.29 bits per heavy atom. The Morgan fingerprint density at radius 3 is 2.86 bits per heavy atom. The predicted octanol–water partition coefficient (Wildman–Crippen LogP) is 3.82. The summed E-state index contributed by atoms with van der Waals surface area (Å²) < 4.78 is 1.10. The molecule has 3 nitrogen and oxygen atoms in total. The average Bonchev–Trinajstić information content (AvgIpc) is 2.49. The van der Waals surface area contributed by atoms with Crippen molar-refractivity contribution in [3.8, 4) is 0 Å². The maximum Gasteiger partial charge on any atom is 0.0758 e. The number of halogens is 1. The van der Waals surface area contributed by atoms with Crippen LogP contribution in [0.3, 0.4) is 0 Å². The van der Waals surface area contributed by atoms with Crippen LogP contribution in [0.15, 0.2) is 34.9 Å². The first-order valence-corrected chi connectivity index (χ1v) is 8.32. The monoisotopic (exact) mass is 349 g/mol. The Labute approximate surface area is 135 Å². The van der Waals surface area contributed by atoms with Crippen LogP contribution in [-0.2, 0) is 6.54 Å². The van der Waals surface area contributed by atoms with E-state index in [9.17, 15) is 0 Å². The third kappa shape index (κ3) is 4.50. The van der Waals surface area contributed by atoms with Crippen molar-refractivity contribution in [3.63, 3.8) is 0 Å². The molecule has 4 heteroatoms. The quantitative estimate of drug-likeness (QED) is 0.770. The van der Waals surface area contributed by atoms with Crippen LogP contribution in [0.5, 0.6) is 0 Å². The molecule has 0 saturated carbocycles. The molecule has 0 fully saturated rings. The lowest BCUT2D eigenvalue weighted by Crippen LogP contribution is -2.29. The molecule has 0 aliphatic rings. The third-order valence-corrected chi connectivity index (χ3v) is 4.55. The van der Waals surface area contributed by atoms with Gasteiger partial charge in [-0.15, -0.1) is 0 Å². The number of rotatable bonds is 7. The molecule has 0 unspecified atom stereocenters. The van der Waals surface area contributed by atoms with E-state index >= 15 is 0 Å². The molecule has 1 N–H and O–H groups in total. The fraction of sp³-hybridized carbons (Fsp3) is 0.471. The van der Waals surface area contributed by atoms with E-state index in [1.54, 1.807) is 0 Å². The number of hydrogen-bond donors (Lipinski definition) is 1.